The summed E-state index contributed by atoms with van der Waals surface area (Å²) in [4.78, 5) is 13.0. The number of aliphatic hydroxyl groups is 5. The second kappa shape index (κ2) is 29.4. The summed E-state index contributed by atoms with van der Waals surface area (Å²) in [5.74, 6) is -0.739. The lowest BCUT2D eigenvalue weighted by molar-refractivity contribution is -0.298. The SMILES string of the molecule is CCC/C=C/CC/C=C/CC/C=C/C(O)C(COC1OC(CO)C(O)C(OS(=O)(=O)O)C1O)NC(=O)C(O)CCCC/C=C\CCCCCCCC. The normalized spacial score (nSPS) is 23.3. The quantitative estimate of drug-likeness (QED) is 0.0301. The highest BCUT2D eigenvalue weighted by molar-refractivity contribution is 7.80. The van der Waals surface area contributed by atoms with Crippen LogP contribution in [-0.4, -0.2) is 107 Å². The number of allylic oxidation sites excluding steroid dienone is 7. The van der Waals surface area contributed by atoms with Crippen LogP contribution in [0.15, 0.2) is 48.6 Å². The lowest BCUT2D eigenvalue weighted by atomic mass is 9.99. The van der Waals surface area contributed by atoms with Crippen molar-refractivity contribution in [3.05, 3.63) is 48.6 Å². The van der Waals surface area contributed by atoms with E-state index in [1.54, 1.807) is 6.08 Å². The molecule has 7 N–H and O–H groups in total. The van der Waals surface area contributed by atoms with Crippen LogP contribution in [0.4, 0.5) is 0 Å². The Morgan fingerprint density at radius 2 is 1.33 bits per heavy atom. The Morgan fingerprint density at radius 3 is 1.92 bits per heavy atom. The van der Waals surface area contributed by atoms with Crippen LogP contribution >= 0.6 is 0 Å². The first kappa shape index (κ1) is 48.0. The summed E-state index contributed by atoms with van der Waals surface area (Å²) in [7, 11) is -5.12. The van der Waals surface area contributed by atoms with Gasteiger partial charge in [-0.3, -0.25) is 9.35 Å². The maximum Gasteiger partial charge on any atom is 0.397 e. The molecule has 0 aromatic carbocycles. The van der Waals surface area contributed by atoms with Crippen molar-refractivity contribution >= 4 is 16.3 Å². The summed E-state index contributed by atoms with van der Waals surface area (Å²) in [6.07, 6.45) is 20.9. The lowest BCUT2D eigenvalue weighted by Crippen LogP contribution is -2.61. The zero-order valence-electron chi connectivity index (χ0n) is 31.2. The topological polar surface area (TPSA) is 212 Å². The van der Waals surface area contributed by atoms with E-state index in [2.05, 4.69) is 53.7 Å². The number of amides is 1. The van der Waals surface area contributed by atoms with Crippen LogP contribution in [0.3, 0.4) is 0 Å². The zero-order valence-corrected chi connectivity index (χ0v) is 32.0. The van der Waals surface area contributed by atoms with Crippen molar-refractivity contribution in [1.82, 2.24) is 5.32 Å². The Balaban J connectivity index is 2.77. The van der Waals surface area contributed by atoms with Crippen molar-refractivity contribution in [1.29, 1.82) is 0 Å². The van der Waals surface area contributed by atoms with Crippen molar-refractivity contribution in [3.8, 4) is 0 Å². The highest BCUT2D eigenvalue weighted by Crippen LogP contribution is 2.26. The van der Waals surface area contributed by atoms with E-state index in [1.165, 1.54) is 44.6 Å². The standard InChI is InChI=1S/C38H67NO12S/c1-3-5-7-9-11-13-15-17-19-21-23-25-27-32(42)37(45)39-30(31(41)26-24-22-20-18-16-14-12-10-8-6-4-2)29-49-38-35(44)36(51-52(46,47)48)34(43)33(28-40)50-38/h8,10,16-19,24,26,30-36,38,40-44H,3-7,9,11-15,20-23,25,27-29H2,1-2H3,(H,39,45)(H,46,47,48)/b10-8+,18-16+,19-17-,26-24+. The molecule has 1 saturated heterocycles. The monoisotopic (exact) mass is 761 g/mol. The fraction of sp³-hybridized carbons (Fsp3) is 0.763. The first-order valence-electron chi connectivity index (χ1n) is 19.1. The predicted octanol–water partition coefficient (Wildman–Crippen LogP) is 4.73. The van der Waals surface area contributed by atoms with Gasteiger partial charge in [-0.05, 0) is 64.2 Å². The lowest BCUT2D eigenvalue weighted by Gasteiger charge is -2.41. The third-order valence-electron chi connectivity index (χ3n) is 8.65. The second-order valence-corrected chi connectivity index (χ2v) is 14.3. The number of aliphatic hydroxyl groups excluding tert-OH is 5. The van der Waals surface area contributed by atoms with Gasteiger partial charge in [-0.1, -0.05) is 107 Å². The molecule has 0 spiro atoms. The van der Waals surface area contributed by atoms with E-state index in [1.807, 2.05) is 6.08 Å². The van der Waals surface area contributed by atoms with Crippen LogP contribution in [0, 0.1) is 0 Å². The molecule has 1 rings (SSSR count). The highest BCUT2D eigenvalue weighted by Gasteiger charge is 2.48. The van der Waals surface area contributed by atoms with Gasteiger partial charge in [-0.2, -0.15) is 8.42 Å². The zero-order chi connectivity index (χ0) is 38.6. The van der Waals surface area contributed by atoms with E-state index in [0.29, 0.717) is 12.8 Å². The first-order valence-corrected chi connectivity index (χ1v) is 20.5. The molecule has 8 atom stereocenters. The van der Waals surface area contributed by atoms with E-state index in [-0.39, 0.29) is 6.42 Å². The minimum atomic E-state index is -5.12. The Hall–Kier alpha value is -1.98. The van der Waals surface area contributed by atoms with Gasteiger partial charge in [0, 0.05) is 0 Å². The molecule has 14 heteroatoms. The van der Waals surface area contributed by atoms with Crippen LogP contribution in [0.1, 0.15) is 123 Å². The largest absolute Gasteiger partial charge is 0.397 e. The summed E-state index contributed by atoms with van der Waals surface area (Å²) >= 11 is 0. The minimum absolute atomic E-state index is 0.201. The smallest absolute Gasteiger partial charge is 0.394 e. The summed E-state index contributed by atoms with van der Waals surface area (Å²) in [5, 5.41) is 54.7. The number of hydrogen-bond donors (Lipinski definition) is 7. The van der Waals surface area contributed by atoms with Crippen molar-refractivity contribution < 1.29 is 57.0 Å². The molecule has 302 valence electrons. The summed E-state index contributed by atoms with van der Waals surface area (Å²) in [6.45, 7) is 3.04. The molecule has 0 radical (unpaired) electrons. The van der Waals surface area contributed by atoms with Gasteiger partial charge in [0.1, 0.15) is 30.5 Å². The van der Waals surface area contributed by atoms with Gasteiger partial charge >= 0.3 is 10.4 Å². The van der Waals surface area contributed by atoms with Crippen LogP contribution in [0.5, 0.6) is 0 Å². The summed E-state index contributed by atoms with van der Waals surface area (Å²) in [5.41, 5.74) is 0. The first-order chi connectivity index (χ1) is 24.9. The number of rotatable bonds is 30. The molecule has 0 aliphatic carbocycles. The van der Waals surface area contributed by atoms with E-state index < -0.39 is 78.5 Å². The highest BCUT2D eigenvalue weighted by atomic mass is 32.3. The molecular formula is C38H67NO12S. The Morgan fingerprint density at radius 1 is 0.769 bits per heavy atom. The van der Waals surface area contributed by atoms with E-state index in [0.717, 1.165) is 51.4 Å². The van der Waals surface area contributed by atoms with Crippen LogP contribution < -0.4 is 5.32 Å². The molecule has 1 aliphatic heterocycles. The average Bonchev–Trinajstić information content (AvgIpc) is 3.11. The predicted molar refractivity (Wildman–Crippen MR) is 200 cm³/mol. The van der Waals surface area contributed by atoms with E-state index in [9.17, 15) is 38.7 Å². The summed E-state index contributed by atoms with van der Waals surface area (Å²) < 4.78 is 47.2. The molecule has 1 heterocycles. The number of hydrogen-bond acceptors (Lipinski definition) is 11. The van der Waals surface area contributed by atoms with Crippen molar-refractivity contribution in [2.75, 3.05) is 13.2 Å². The molecule has 1 fully saturated rings. The third-order valence-corrected chi connectivity index (χ3v) is 9.11. The van der Waals surface area contributed by atoms with Gasteiger partial charge in [0.2, 0.25) is 5.91 Å². The molecule has 8 unspecified atom stereocenters. The Labute approximate surface area is 311 Å². The maximum absolute atomic E-state index is 13.0. The number of nitrogens with one attached hydrogen (secondary N) is 1. The molecule has 52 heavy (non-hydrogen) atoms. The Kier molecular flexibility index (Phi) is 27.1. The minimum Gasteiger partial charge on any atom is -0.394 e. The molecule has 0 bridgehead atoms. The number of ether oxygens (including phenoxy) is 2. The van der Waals surface area contributed by atoms with Crippen molar-refractivity contribution in [3.63, 3.8) is 0 Å². The molecule has 0 saturated carbocycles. The van der Waals surface area contributed by atoms with Gasteiger partial charge in [0.15, 0.2) is 6.29 Å². The van der Waals surface area contributed by atoms with Crippen LogP contribution in [-0.2, 0) is 28.9 Å². The Bertz CT molecular complexity index is 1140. The number of unbranched alkanes of at least 4 members (excludes halogenated alkanes) is 11. The van der Waals surface area contributed by atoms with Gasteiger partial charge in [-0.25, -0.2) is 4.18 Å². The molecule has 0 aromatic rings. The molecule has 0 aromatic heterocycles. The fourth-order valence-corrected chi connectivity index (χ4v) is 6.06. The van der Waals surface area contributed by atoms with Gasteiger partial charge in [0.05, 0.1) is 25.4 Å². The molecule has 1 aliphatic rings. The van der Waals surface area contributed by atoms with Gasteiger partial charge < -0.3 is 40.3 Å². The molecule has 13 nitrogen and oxygen atoms in total. The average molecular weight is 762 g/mol. The van der Waals surface area contributed by atoms with Crippen molar-refractivity contribution in [2.24, 2.45) is 0 Å². The van der Waals surface area contributed by atoms with E-state index in [4.69, 9.17) is 14.0 Å². The van der Waals surface area contributed by atoms with Gasteiger partial charge in [0.25, 0.3) is 0 Å². The molecular weight excluding hydrogens is 694 g/mol. The maximum atomic E-state index is 13.0. The van der Waals surface area contributed by atoms with Crippen LogP contribution in [0.2, 0.25) is 0 Å². The molecule has 1 amide bonds. The summed E-state index contributed by atoms with van der Waals surface area (Å²) in [6, 6.07) is -1.15. The third kappa shape index (κ3) is 22.3. The van der Waals surface area contributed by atoms with E-state index >= 15 is 0 Å². The van der Waals surface area contributed by atoms with Crippen molar-refractivity contribution in [2.45, 2.75) is 172 Å². The number of carbonyl (C=O) groups excluding carboxylic acids is 1. The fourth-order valence-electron chi connectivity index (χ4n) is 5.55. The van der Waals surface area contributed by atoms with Gasteiger partial charge in [-0.15, -0.1) is 0 Å². The second-order valence-electron chi connectivity index (χ2n) is 13.3. The van der Waals surface area contributed by atoms with Crippen LogP contribution in [0.25, 0.3) is 0 Å². The number of carbonyl (C=O) groups is 1.